The molecule has 5 nitrogen and oxygen atoms in total. The molecule has 2 rings (SSSR count). The van der Waals surface area contributed by atoms with E-state index in [1.165, 1.54) is 28.6 Å². The van der Waals surface area contributed by atoms with E-state index >= 15 is 0 Å². The third-order valence-electron chi connectivity index (χ3n) is 3.72. The number of hydrogen-bond acceptors (Lipinski definition) is 3. The van der Waals surface area contributed by atoms with E-state index in [0.29, 0.717) is 5.56 Å². The van der Waals surface area contributed by atoms with Crippen LogP contribution in [0.15, 0.2) is 59.5 Å². The Labute approximate surface area is 158 Å². The highest BCUT2D eigenvalue weighted by molar-refractivity contribution is 7.89. The zero-order chi connectivity index (χ0) is 19.3. The van der Waals surface area contributed by atoms with Crippen molar-refractivity contribution in [3.63, 3.8) is 0 Å². The molecule has 0 amide bonds. The van der Waals surface area contributed by atoms with Crippen LogP contribution in [0, 0.1) is 0 Å². The lowest BCUT2D eigenvalue weighted by atomic mass is 10.2. The Morgan fingerprint density at radius 1 is 1.19 bits per heavy atom. The molecular weight excluding hydrogens is 374 g/mol. The summed E-state index contributed by atoms with van der Waals surface area (Å²) in [6.07, 6.45) is 2.32. The number of rotatable bonds is 7. The van der Waals surface area contributed by atoms with Crippen LogP contribution in [0.2, 0.25) is 5.02 Å². The summed E-state index contributed by atoms with van der Waals surface area (Å²) >= 11 is 6.19. The SMILES string of the molecule is CC(C)N(Cc1ccccc1)S(=O)(=O)c1ccc(/C=C/C(=O)O)cc1Cl. The third kappa shape index (κ3) is 4.94. The largest absolute Gasteiger partial charge is 0.478 e. The van der Waals surface area contributed by atoms with Gasteiger partial charge in [-0.2, -0.15) is 4.31 Å². The molecule has 7 heteroatoms. The number of carboxylic acids is 1. The summed E-state index contributed by atoms with van der Waals surface area (Å²) in [4.78, 5) is 10.6. The molecule has 138 valence electrons. The van der Waals surface area contributed by atoms with Crippen molar-refractivity contribution in [2.45, 2.75) is 31.3 Å². The summed E-state index contributed by atoms with van der Waals surface area (Å²) < 4.78 is 27.6. The van der Waals surface area contributed by atoms with Crippen LogP contribution in [-0.2, 0) is 21.4 Å². The van der Waals surface area contributed by atoms with Crippen LogP contribution in [-0.4, -0.2) is 29.8 Å². The molecular formula is C19H20ClNO4S. The van der Waals surface area contributed by atoms with E-state index in [9.17, 15) is 13.2 Å². The number of sulfonamides is 1. The van der Waals surface area contributed by atoms with Crippen molar-refractivity contribution in [1.82, 2.24) is 4.31 Å². The molecule has 0 fully saturated rings. The second kappa shape index (κ2) is 8.49. The molecule has 0 radical (unpaired) electrons. The number of nitrogens with zero attached hydrogens (tertiary/aromatic N) is 1. The average Bonchev–Trinajstić information content (AvgIpc) is 2.58. The summed E-state index contributed by atoms with van der Waals surface area (Å²) in [5, 5.41) is 8.73. The second-order valence-corrected chi connectivity index (χ2v) is 8.26. The van der Waals surface area contributed by atoms with Crippen molar-refractivity contribution in [2.24, 2.45) is 0 Å². The van der Waals surface area contributed by atoms with Crippen molar-refractivity contribution < 1.29 is 18.3 Å². The van der Waals surface area contributed by atoms with Crippen LogP contribution >= 0.6 is 11.6 Å². The highest BCUT2D eigenvalue weighted by Gasteiger charge is 2.29. The zero-order valence-corrected chi connectivity index (χ0v) is 16.0. The van der Waals surface area contributed by atoms with Gasteiger partial charge in [-0.15, -0.1) is 0 Å². The number of carboxylic acid groups (broad SMARTS) is 1. The molecule has 0 atom stereocenters. The quantitative estimate of drug-likeness (QED) is 0.720. The van der Waals surface area contributed by atoms with Crippen LogP contribution in [0.25, 0.3) is 6.08 Å². The highest BCUT2D eigenvalue weighted by atomic mass is 35.5. The van der Waals surface area contributed by atoms with Gasteiger partial charge in [0.05, 0.1) is 5.02 Å². The summed E-state index contributed by atoms with van der Waals surface area (Å²) in [6.45, 7) is 3.84. The minimum absolute atomic E-state index is 0.00345. The zero-order valence-electron chi connectivity index (χ0n) is 14.5. The van der Waals surface area contributed by atoms with Crippen LogP contribution in [0.3, 0.4) is 0 Å². The minimum atomic E-state index is -3.82. The first kappa shape index (κ1) is 20.2. The fraction of sp³-hybridized carbons (Fsp3) is 0.211. The number of halogens is 1. The molecule has 0 aliphatic carbocycles. The number of aliphatic carboxylic acids is 1. The fourth-order valence-corrected chi connectivity index (χ4v) is 4.59. The highest BCUT2D eigenvalue weighted by Crippen LogP contribution is 2.28. The molecule has 0 unspecified atom stereocenters. The maximum absolute atomic E-state index is 13.1. The van der Waals surface area contributed by atoms with E-state index in [-0.39, 0.29) is 22.5 Å². The first-order valence-corrected chi connectivity index (χ1v) is 9.80. The Morgan fingerprint density at radius 2 is 1.85 bits per heavy atom. The van der Waals surface area contributed by atoms with E-state index in [0.717, 1.165) is 11.6 Å². The van der Waals surface area contributed by atoms with E-state index in [4.69, 9.17) is 16.7 Å². The second-order valence-electron chi connectivity index (χ2n) is 5.99. The summed E-state index contributed by atoms with van der Waals surface area (Å²) in [5.41, 5.74) is 1.39. The first-order valence-electron chi connectivity index (χ1n) is 7.98. The van der Waals surface area contributed by atoms with Gasteiger partial charge in [0.25, 0.3) is 0 Å². The number of benzene rings is 2. The molecule has 0 aliphatic rings. The molecule has 0 spiro atoms. The van der Waals surface area contributed by atoms with Gasteiger partial charge in [0.2, 0.25) is 10.0 Å². The lowest BCUT2D eigenvalue weighted by Crippen LogP contribution is -2.36. The van der Waals surface area contributed by atoms with Crippen LogP contribution < -0.4 is 0 Å². The predicted molar refractivity (Wildman–Crippen MR) is 102 cm³/mol. The van der Waals surface area contributed by atoms with Crippen LogP contribution in [0.4, 0.5) is 0 Å². The third-order valence-corrected chi connectivity index (χ3v) is 6.22. The van der Waals surface area contributed by atoms with Gasteiger partial charge in [0.1, 0.15) is 4.90 Å². The van der Waals surface area contributed by atoms with Crippen molar-refractivity contribution in [1.29, 1.82) is 0 Å². The first-order chi connectivity index (χ1) is 12.2. The summed E-state index contributed by atoms with van der Waals surface area (Å²) in [6, 6.07) is 13.4. The van der Waals surface area contributed by atoms with Gasteiger partial charge in [0, 0.05) is 18.7 Å². The lowest BCUT2D eigenvalue weighted by molar-refractivity contribution is -0.131. The molecule has 26 heavy (non-hydrogen) atoms. The van der Waals surface area contributed by atoms with E-state index in [1.807, 2.05) is 30.3 Å². The topological polar surface area (TPSA) is 74.7 Å². The van der Waals surface area contributed by atoms with Gasteiger partial charge in [-0.05, 0) is 43.2 Å². The Kier molecular flexibility index (Phi) is 6.58. The molecule has 0 saturated carbocycles. The number of carbonyl (C=O) groups is 1. The maximum atomic E-state index is 13.1. The van der Waals surface area contributed by atoms with Gasteiger partial charge in [-0.25, -0.2) is 13.2 Å². The maximum Gasteiger partial charge on any atom is 0.328 e. The van der Waals surface area contributed by atoms with Gasteiger partial charge < -0.3 is 5.11 Å². The van der Waals surface area contributed by atoms with Crippen LogP contribution in [0.5, 0.6) is 0 Å². The van der Waals surface area contributed by atoms with Gasteiger partial charge >= 0.3 is 5.97 Å². The van der Waals surface area contributed by atoms with Crippen molar-refractivity contribution in [3.05, 3.63) is 70.8 Å². The molecule has 0 aliphatic heterocycles. The standard InChI is InChI=1S/C19H20ClNO4S/c1-14(2)21(13-16-6-4-3-5-7-16)26(24,25)18-10-8-15(12-17(18)20)9-11-19(22)23/h3-12,14H,13H2,1-2H3,(H,22,23)/b11-9+. The molecule has 0 aromatic heterocycles. The molecule has 2 aromatic rings. The van der Waals surface area contributed by atoms with Crippen LogP contribution in [0.1, 0.15) is 25.0 Å². The van der Waals surface area contributed by atoms with Gasteiger partial charge in [-0.1, -0.05) is 48.0 Å². The fourth-order valence-electron chi connectivity index (χ4n) is 2.43. The van der Waals surface area contributed by atoms with Crippen molar-refractivity contribution in [2.75, 3.05) is 0 Å². The minimum Gasteiger partial charge on any atom is -0.478 e. The normalized spacial score (nSPS) is 12.2. The average molecular weight is 394 g/mol. The smallest absolute Gasteiger partial charge is 0.328 e. The Morgan fingerprint density at radius 3 is 2.38 bits per heavy atom. The number of hydrogen-bond donors (Lipinski definition) is 1. The summed E-state index contributed by atoms with van der Waals surface area (Å²) in [5.74, 6) is -1.09. The summed E-state index contributed by atoms with van der Waals surface area (Å²) in [7, 11) is -3.82. The van der Waals surface area contributed by atoms with E-state index in [2.05, 4.69) is 0 Å². The molecule has 0 bridgehead atoms. The molecule has 0 saturated heterocycles. The van der Waals surface area contributed by atoms with Crippen molar-refractivity contribution >= 4 is 33.7 Å². The Bertz CT molecular complexity index is 908. The van der Waals surface area contributed by atoms with E-state index < -0.39 is 16.0 Å². The Hall–Kier alpha value is -2.15. The van der Waals surface area contributed by atoms with Crippen molar-refractivity contribution in [3.8, 4) is 0 Å². The van der Waals surface area contributed by atoms with E-state index in [1.54, 1.807) is 13.8 Å². The van der Waals surface area contributed by atoms with Gasteiger partial charge in [0.15, 0.2) is 0 Å². The Balaban J connectivity index is 2.38. The molecule has 1 N–H and O–H groups in total. The molecule has 0 heterocycles. The lowest BCUT2D eigenvalue weighted by Gasteiger charge is -2.26. The molecule has 2 aromatic carbocycles. The predicted octanol–water partition coefficient (Wildman–Crippen LogP) is 4.04. The van der Waals surface area contributed by atoms with Gasteiger partial charge in [-0.3, -0.25) is 0 Å². The monoisotopic (exact) mass is 393 g/mol.